The Labute approximate surface area is 119 Å². The van der Waals surface area contributed by atoms with Crippen molar-refractivity contribution in [1.29, 1.82) is 0 Å². The number of carboxylic acid groups (broad SMARTS) is 1. The molecule has 0 radical (unpaired) electrons. The van der Waals surface area contributed by atoms with Crippen LogP contribution in [0.3, 0.4) is 0 Å². The summed E-state index contributed by atoms with van der Waals surface area (Å²) >= 11 is 0. The zero-order valence-electron chi connectivity index (χ0n) is 11.2. The van der Waals surface area contributed by atoms with Crippen LogP contribution in [-0.2, 0) is 20.4 Å². The zero-order chi connectivity index (χ0) is 14.7. The summed E-state index contributed by atoms with van der Waals surface area (Å²) in [5.41, 5.74) is 0.599. The largest absolute Gasteiger partial charge is 0.481 e. The van der Waals surface area contributed by atoms with Crippen LogP contribution < -0.4 is 5.32 Å². The van der Waals surface area contributed by atoms with Crippen LogP contribution in [0.2, 0.25) is 0 Å². The first-order valence-corrected chi connectivity index (χ1v) is 8.00. The molecule has 0 spiro atoms. The molecule has 1 aromatic carbocycles. The van der Waals surface area contributed by atoms with Crippen molar-refractivity contribution in [3.63, 3.8) is 0 Å². The Morgan fingerprint density at radius 3 is 2.60 bits per heavy atom. The maximum Gasteiger partial charge on any atom is 0.306 e. The zero-order valence-corrected chi connectivity index (χ0v) is 12.0. The summed E-state index contributed by atoms with van der Waals surface area (Å²) in [4.78, 5) is 23.6. The van der Waals surface area contributed by atoms with Crippen molar-refractivity contribution in [3.8, 4) is 0 Å². The number of carbonyl (C=O) groups is 2. The third-order valence-corrected chi connectivity index (χ3v) is 4.50. The molecule has 2 rings (SSSR count). The van der Waals surface area contributed by atoms with Gasteiger partial charge in [-0.15, -0.1) is 0 Å². The average molecular weight is 295 g/mol. The maximum atomic E-state index is 12.1. The van der Waals surface area contributed by atoms with Gasteiger partial charge in [0.05, 0.1) is 5.92 Å². The lowest BCUT2D eigenvalue weighted by Gasteiger charge is -2.11. The summed E-state index contributed by atoms with van der Waals surface area (Å²) in [5.74, 6) is -1.66. The fourth-order valence-electron chi connectivity index (χ4n) is 2.44. The molecular formula is C14H17NO4S. The Bertz CT molecular complexity index is 558. The summed E-state index contributed by atoms with van der Waals surface area (Å²) in [6.45, 7) is 0. The highest BCUT2D eigenvalue weighted by atomic mass is 32.2. The van der Waals surface area contributed by atoms with Crippen molar-refractivity contribution >= 4 is 28.4 Å². The van der Waals surface area contributed by atoms with E-state index in [1.54, 1.807) is 30.5 Å². The van der Waals surface area contributed by atoms with Crippen LogP contribution in [-0.4, -0.2) is 27.4 Å². The van der Waals surface area contributed by atoms with Gasteiger partial charge < -0.3 is 10.4 Å². The third-order valence-electron chi connectivity index (χ3n) is 3.59. The van der Waals surface area contributed by atoms with E-state index in [1.807, 2.05) is 0 Å². The standard InChI is InChI=1S/C14H17NO4S/c1-20(19)12-4-2-3-11(8-12)15-13(16)9-5-6-10(7-9)14(17)18/h2-4,8-10H,5-7H2,1H3,(H,15,16)(H,17,18)/t9-,10+,20?/m1/s1. The average Bonchev–Trinajstić information content (AvgIpc) is 2.88. The van der Waals surface area contributed by atoms with Crippen molar-refractivity contribution in [2.45, 2.75) is 24.2 Å². The predicted octanol–water partition coefficient (Wildman–Crippen LogP) is 1.86. The van der Waals surface area contributed by atoms with Crippen molar-refractivity contribution in [1.82, 2.24) is 0 Å². The van der Waals surface area contributed by atoms with Crippen molar-refractivity contribution in [3.05, 3.63) is 24.3 Å². The lowest BCUT2D eigenvalue weighted by Crippen LogP contribution is -2.21. The van der Waals surface area contributed by atoms with Crippen LogP contribution in [0.4, 0.5) is 5.69 Å². The van der Waals surface area contributed by atoms with Crippen molar-refractivity contribution < 1.29 is 18.9 Å². The number of carbonyl (C=O) groups excluding carboxylic acids is 1. The monoisotopic (exact) mass is 295 g/mol. The first-order valence-electron chi connectivity index (χ1n) is 6.44. The summed E-state index contributed by atoms with van der Waals surface area (Å²) in [7, 11) is -1.10. The Morgan fingerprint density at radius 2 is 2.00 bits per heavy atom. The van der Waals surface area contributed by atoms with E-state index in [1.165, 1.54) is 0 Å². The van der Waals surface area contributed by atoms with E-state index in [2.05, 4.69) is 5.32 Å². The van der Waals surface area contributed by atoms with Crippen LogP contribution in [0, 0.1) is 11.8 Å². The minimum atomic E-state index is -1.10. The minimum absolute atomic E-state index is 0.159. The van der Waals surface area contributed by atoms with E-state index in [9.17, 15) is 13.8 Å². The van der Waals surface area contributed by atoms with Gasteiger partial charge in [-0.2, -0.15) is 0 Å². The smallest absolute Gasteiger partial charge is 0.306 e. The highest BCUT2D eigenvalue weighted by Gasteiger charge is 2.33. The van der Waals surface area contributed by atoms with Gasteiger partial charge in [-0.1, -0.05) is 6.07 Å². The van der Waals surface area contributed by atoms with Crippen LogP contribution in [0.1, 0.15) is 19.3 Å². The molecule has 1 saturated carbocycles. The second kappa shape index (κ2) is 6.17. The highest BCUT2D eigenvalue weighted by molar-refractivity contribution is 7.84. The molecule has 1 amide bonds. The van der Waals surface area contributed by atoms with Gasteiger partial charge in [-0.05, 0) is 37.5 Å². The number of aliphatic carboxylic acids is 1. The van der Waals surface area contributed by atoms with Gasteiger partial charge in [0, 0.05) is 33.6 Å². The van der Waals surface area contributed by atoms with Gasteiger partial charge >= 0.3 is 5.97 Å². The van der Waals surface area contributed by atoms with Crippen molar-refractivity contribution in [2.75, 3.05) is 11.6 Å². The number of hydrogen-bond acceptors (Lipinski definition) is 3. The van der Waals surface area contributed by atoms with Gasteiger partial charge in [-0.25, -0.2) is 0 Å². The molecule has 108 valence electrons. The van der Waals surface area contributed by atoms with Gasteiger partial charge in [-0.3, -0.25) is 13.8 Å². The molecule has 20 heavy (non-hydrogen) atoms. The summed E-state index contributed by atoms with van der Waals surface area (Å²) < 4.78 is 11.4. The number of benzene rings is 1. The first kappa shape index (κ1) is 14.7. The topological polar surface area (TPSA) is 83.5 Å². The van der Waals surface area contributed by atoms with E-state index < -0.39 is 22.7 Å². The van der Waals surface area contributed by atoms with Gasteiger partial charge in [0.25, 0.3) is 0 Å². The number of rotatable bonds is 4. The molecule has 6 heteroatoms. The molecule has 5 nitrogen and oxygen atoms in total. The number of hydrogen-bond donors (Lipinski definition) is 2. The van der Waals surface area contributed by atoms with Crippen LogP contribution in [0.15, 0.2) is 29.2 Å². The quantitative estimate of drug-likeness (QED) is 0.888. The fraction of sp³-hybridized carbons (Fsp3) is 0.429. The lowest BCUT2D eigenvalue weighted by atomic mass is 10.0. The summed E-state index contributed by atoms with van der Waals surface area (Å²) in [6, 6.07) is 6.89. The molecule has 0 saturated heterocycles. The maximum absolute atomic E-state index is 12.1. The number of carboxylic acids is 1. The Morgan fingerprint density at radius 1 is 1.30 bits per heavy atom. The van der Waals surface area contributed by atoms with Crippen LogP contribution in [0.25, 0.3) is 0 Å². The normalized spacial score (nSPS) is 23.2. The second-order valence-electron chi connectivity index (χ2n) is 5.02. The van der Waals surface area contributed by atoms with E-state index in [-0.39, 0.29) is 11.8 Å². The Hall–Kier alpha value is -1.69. The molecule has 0 aliphatic heterocycles. The number of nitrogens with one attached hydrogen (secondary N) is 1. The van der Waals surface area contributed by atoms with Gasteiger partial charge in [0.1, 0.15) is 0 Å². The second-order valence-corrected chi connectivity index (χ2v) is 6.40. The molecule has 1 fully saturated rings. The highest BCUT2D eigenvalue weighted by Crippen LogP contribution is 2.32. The molecule has 1 aliphatic rings. The van der Waals surface area contributed by atoms with E-state index in [4.69, 9.17) is 5.11 Å². The third kappa shape index (κ3) is 3.45. The predicted molar refractivity (Wildman–Crippen MR) is 75.9 cm³/mol. The molecule has 1 unspecified atom stereocenters. The molecule has 2 N–H and O–H groups in total. The molecule has 0 aromatic heterocycles. The van der Waals surface area contributed by atoms with Crippen LogP contribution >= 0.6 is 0 Å². The van der Waals surface area contributed by atoms with Crippen molar-refractivity contribution in [2.24, 2.45) is 11.8 Å². The fourth-order valence-corrected chi connectivity index (χ4v) is 3.00. The van der Waals surface area contributed by atoms with Gasteiger partial charge in [0.15, 0.2) is 0 Å². The molecular weight excluding hydrogens is 278 g/mol. The number of anilines is 1. The van der Waals surface area contributed by atoms with Gasteiger partial charge in [0.2, 0.25) is 5.91 Å². The first-order chi connectivity index (χ1) is 9.47. The number of amides is 1. The van der Waals surface area contributed by atoms with E-state index in [0.29, 0.717) is 29.8 Å². The Balaban J connectivity index is 2.00. The van der Waals surface area contributed by atoms with Crippen LogP contribution in [0.5, 0.6) is 0 Å². The molecule has 0 heterocycles. The lowest BCUT2D eigenvalue weighted by molar-refractivity contribution is -0.141. The molecule has 1 aromatic rings. The SMILES string of the molecule is CS(=O)c1cccc(NC(=O)[C@@H]2CC[C@H](C(=O)O)C2)c1. The Kier molecular flexibility index (Phi) is 4.54. The summed E-state index contributed by atoms with van der Waals surface area (Å²) in [6.07, 6.45) is 3.12. The summed E-state index contributed by atoms with van der Waals surface area (Å²) in [5, 5.41) is 11.7. The molecule has 3 atom stereocenters. The molecule has 0 bridgehead atoms. The minimum Gasteiger partial charge on any atom is -0.481 e. The van der Waals surface area contributed by atoms with E-state index >= 15 is 0 Å². The molecule has 1 aliphatic carbocycles. The van der Waals surface area contributed by atoms with E-state index in [0.717, 1.165) is 0 Å².